The number of aromatic nitrogens is 8. The van der Waals surface area contributed by atoms with Gasteiger partial charge in [0, 0.05) is 115 Å². The van der Waals surface area contributed by atoms with E-state index in [4.69, 9.17) is 30.4 Å². The Hall–Kier alpha value is -7.91. The van der Waals surface area contributed by atoms with Gasteiger partial charge in [-0.05, 0) is 92.6 Å². The molecule has 1 amide bonds. The third-order valence-electron chi connectivity index (χ3n) is 12.7. The molecule has 2 fully saturated rings. The molecule has 0 spiro atoms. The summed E-state index contributed by atoms with van der Waals surface area (Å²) in [6.07, 6.45) is 15.7. The van der Waals surface area contributed by atoms with E-state index >= 15 is 0 Å². The second-order valence-electron chi connectivity index (χ2n) is 21.5. The molecule has 0 bridgehead atoms. The quantitative estimate of drug-likeness (QED) is 0.0507. The van der Waals surface area contributed by atoms with Crippen LogP contribution in [0.3, 0.4) is 0 Å². The number of terminal acetylenes is 1. The predicted molar refractivity (Wildman–Crippen MR) is 349 cm³/mol. The van der Waals surface area contributed by atoms with Crippen LogP contribution in [0.4, 0.5) is 28.1 Å². The molecule has 4 atom stereocenters. The molecule has 2 saturated heterocycles. The Labute approximate surface area is 517 Å². The predicted octanol–water partition coefficient (Wildman–Crippen LogP) is 9.33. The fourth-order valence-corrected chi connectivity index (χ4v) is 9.48. The number of carbonyl (C=O) groups is 3. The molecule has 442 valence electrons. The summed E-state index contributed by atoms with van der Waals surface area (Å²) in [6, 6.07) is 21.5. The molecule has 4 aromatic carbocycles. The lowest BCUT2D eigenvalue weighted by atomic mass is 10.1. The maximum Gasteiger partial charge on any atom is 0.411 e. The van der Waals surface area contributed by atoms with Crippen molar-refractivity contribution in [2.24, 2.45) is 14.1 Å². The maximum atomic E-state index is 13.0. The number of anilines is 4. The summed E-state index contributed by atoms with van der Waals surface area (Å²) in [5.41, 5.74) is 10.9. The van der Waals surface area contributed by atoms with Crippen molar-refractivity contribution in [3.8, 4) is 57.6 Å². The van der Waals surface area contributed by atoms with Crippen LogP contribution in [0.5, 0.6) is 11.5 Å². The van der Waals surface area contributed by atoms with Crippen LogP contribution in [-0.4, -0.2) is 126 Å². The van der Waals surface area contributed by atoms with E-state index in [1.807, 2.05) is 99.3 Å². The number of methoxy groups -OCH3 is 1. The molecular formula is C59H70N12O8S4Si. The first kappa shape index (κ1) is 66.9. The van der Waals surface area contributed by atoms with Crippen LogP contribution in [0.1, 0.15) is 44.7 Å². The first-order chi connectivity index (χ1) is 38.1. The molecule has 4 N–H and O–H groups in total. The highest BCUT2D eigenvalue weighted by Crippen LogP contribution is 2.34. The molecule has 0 saturated carbocycles. The van der Waals surface area contributed by atoms with Gasteiger partial charge in [0.15, 0.2) is 0 Å². The van der Waals surface area contributed by atoms with E-state index in [1.54, 1.807) is 54.9 Å². The number of aliphatic carboxylic acids is 1. The lowest BCUT2D eigenvalue weighted by Gasteiger charge is -2.27. The summed E-state index contributed by atoms with van der Waals surface area (Å²) in [5.74, 6) is 6.51. The molecule has 10 rings (SSSR count). The number of nitrogens with zero attached hydrogens (tertiary/aromatic N) is 9. The smallest absolute Gasteiger partial charge is 0.411 e. The number of carboxylic acids is 1. The van der Waals surface area contributed by atoms with E-state index in [0.29, 0.717) is 42.0 Å². The number of carboxylic acid groups (broad SMARTS) is 1. The van der Waals surface area contributed by atoms with Crippen molar-refractivity contribution in [1.29, 1.82) is 0 Å². The van der Waals surface area contributed by atoms with Gasteiger partial charge in [-0.3, -0.25) is 19.1 Å². The highest BCUT2D eigenvalue weighted by Gasteiger charge is 2.43. The van der Waals surface area contributed by atoms with Crippen molar-refractivity contribution in [2.75, 3.05) is 30.8 Å². The molecule has 2 aliphatic rings. The van der Waals surface area contributed by atoms with Crippen LogP contribution in [0, 0.1) is 23.8 Å². The average molecular weight is 1230 g/mol. The van der Waals surface area contributed by atoms with Crippen molar-refractivity contribution in [3.05, 3.63) is 121 Å². The van der Waals surface area contributed by atoms with E-state index in [-0.39, 0.29) is 73.1 Å². The summed E-state index contributed by atoms with van der Waals surface area (Å²) in [5, 5.41) is 29.1. The Kier molecular flexibility index (Phi) is 22.8. The number of hydrogen-bond acceptors (Lipinski definition) is 16. The van der Waals surface area contributed by atoms with Gasteiger partial charge in [-0.25, -0.2) is 29.5 Å². The minimum absolute atomic E-state index is 0. The van der Waals surface area contributed by atoms with Crippen LogP contribution in [0.15, 0.2) is 110 Å². The molecule has 0 aliphatic carbocycles. The number of esters is 1. The first-order valence-electron chi connectivity index (χ1n) is 25.8. The third-order valence-corrected chi connectivity index (χ3v) is 13.5. The Bertz CT molecular complexity index is 3760. The minimum atomic E-state index is -1.49. The Morgan fingerprint density at radius 3 is 1.70 bits per heavy atom. The topological polar surface area (TPSA) is 235 Å². The second kappa shape index (κ2) is 28.6. The number of ether oxygens (including phenoxy) is 4. The molecule has 8 aromatic rings. The van der Waals surface area contributed by atoms with Gasteiger partial charge in [0.25, 0.3) is 0 Å². The zero-order valence-electron chi connectivity index (χ0n) is 47.9. The number of carbonyl (C=O) groups excluding carboxylic acids is 2. The van der Waals surface area contributed by atoms with E-state index in [2.05, 4.69) is 78.1 Å². The molecular weight excluding hydrogens is 1160 g/mol. The van der Waals surface area contributed by atoms with Crippen molar-refractivity contribution >= 4 is 125 Å². The normalized spacial score (nSPS) is 16.1. The lowest BCUT2D eigenvalue weighted by Crippen LogP contribution is -2.44. The van der Waals surface area contributed by atoms with Crippen LogP contribution < -0.4 is 25.4 Å². The number of amides is 1. The lowest BCUT2D eigenvalue weighted by molar-refractivity contribution is -0.145. The number of aryl methyl sites for hydroxylation is 2. The molecule has 2 aliphatic heterocycles. The first-order valence-corrected chi connectivity index (χ1v) is 29.3. The van der Waals surface area contributed by atoms with Crippen molar-refractivity contribution in [1.82, 2.24) is 49.7 Å². The van der Waals surface area contributed by atoms with Crippen molar-refractivity contribution in [3.63, 3.8) is 0 Å². The van der Waals surface area contributed by atoms with E-state index in [0.717, 1.165) is 60.9 Å². The van der Waals surface area contributed by atoms with Crippen LogP contribution in [0.2, 0.25) is 19.6 Å². The number of rotatable bonds is 12. The number of likely N-dealkylation sites (tertiary alicyclic amines) is 1. The van der Waals surface area contributed by atoms with E-state index in [1.165, 1.54) is 12.0 Å². The van der Waals surface area contributed by atoms with E-state index < -0.39 is 49.9 Å². The second-order valence-corrected chi connectivity index (χ2v) is 26.3. The molecule has 0 unspecified atom stereocenters. The van der Waals surface area contributed by atoms with Crippen LogP contribution in [-0.2, 0) is 33.2 Å². The van der Waals surface area contributed by atoms with Gasteiger partial charge in [0.05, 0.1) is 37.1 Å². The number of hydrogen-bond donors (Lipinski definition) is 4. The van der Waals surface area contributed by atoms with E-state index in [9.17, 15) is 19.5 Å². The van der Waals surface area contributed by atoms with Gasteiger partial charge in [-0.1, -0.05) is 31.5 Å². The Morgan fingerprint density at radius 1 is 0.714 bits per heavy atom. The summed E-state index contributed by atoms with van der Waals surface area (Å²) in [6.45, 7) is 12.6. The summed E-state index contributed by atoms with van der Waals surface area (Å²) >= 11 is 0. The van der Waals surface area contributed by atoms with Gasteiger partial charge in [-0.2, -0.15) is 64.2 Å². The van der Waals surface area contributed by atoms with Gasteiger partial charge in [0.1, 0.15) is 49.5 Å². The van der Waals surface area contributed by atoms with Crippen molar-refractivity contribution in [2.45, 2.75) is 83.1 Å². The zero-order valence-corrected chi connectivity index (χ0v) is 52.9. The molecule has 0 radical (unpaired) electrons. The summed E-state index contributed by atoms with van der Waals surface area (Å²) < 4.78 is 26.6. The van der Waals surface area contributed by atoms with Gasteiger partial charge in [-0.15, -0.1) is 12.0 Å². The molecule has 6 heterocycles. The third kappa shape index (κ3) is 17.6. The standard InChI is InChI=1S/C34H40N6O5Si.C25H22N6O3.4H2S/c1-34(2,3)45-33(42)40-21-28(17-30(40)31(41)43-5)44-27-15-23(25-19-36-39(4)20-25)14-26(16-27)37-32-35-18-24-13-22(9-10-29(24)38-32)11-12-46(6,7)8;1-3-15-4-5-22-17(6-15)11-27-25(30-22)29-19-7-16(18-12-28-31(2)14-18)8-20(9-19)34-21-10-23(24(32)33)26-13-21;;;;/h9-10,13-16,18-20,28,30H,17,21H2,1-8H3,(H,35,37,38);1,4-9,11-12,14,21,23,26H,10,13H2,2H3,(H,32,33)(H,27,29,30);4*1H2/t28-,30-;21-,23-;;;;/m00..../s1. The SMILES string of the molecule is C#Cc1ccc2nc(Nc3cc(O[C@@H]4CN[C@H](C(=O)O)C4)cc(-c4cnn(C)c4)c3)ncc2c1.COC(=O)[C@@H]1C[C@H](Oc2cc(Nc3ncc4cc(C#C[Si](C)(C)C)ccc4n3)cc(-c3cnn(C)c3)c2)CN1C(=O)OC(C)(C)C.S.S.S.S. The molecule has 20 nitrogen and oxygen atoms in total. The molecule has 25 heteroatoms. The summed E-state index contributed by atoms with van der Waals surface area (Å²) in [4.78, 5) is 56.5. The highest BCUT2D eigenvalue weighted by molar-refractivity contribution is 7.59. The number of fused-ring (bicyclic) bond motifs is 2. The van der Waals surface area contributed by atoms with Crippen molar-refractivity contribution < 1.29 is 38.4 Å². The molecule has 4 aromatic heterocycles. The fraction of sp³-hybridized carbons (Fsp3) is 0.305. The Morgan fingerprint density at radius 2 is 1.24 bits per heavy atom. The number of nitrogens with one attached hydrogen (secondary N) is 3. The molecule has 84 heavy (non-hydrogen) atoms. The minimum Gasteiger partial charge on any atom is -0.489 e. The fourth-order valence-electron chi connectivity index (χ4n) is 8.96. The Balaban J connectivity index is 0.000000304. The van der Waals surface area contributed by atoms with Crippen LogP contribution >= 0.6 is 54.0 Å². The van der Waals surface area contributed by atoms with Gasteiger partial charge < -0.3 is 40.0 Å². The van der Waals surface area contributed by atoms with Gasteiger partial charge in [0.2, 0.25) is 11.9 Å². The van der Waals surface area contributed by atoms with Crippen LogP contribution in [0.25, 0.3) is 44.1 Å². The highest BCUT2D eigenvalue weighted by atomic mass is 32.1. The number of benzene rings is 4. The maximum absolute atomic E-state index is 13.0. The summed E-state index contributed by atoms with van der Waals surface area (Å²) in [7, 11) is 3.51. The largest absolute Gasteiger partial charge is 0.489 e. The monoisotopic (exact) mass is 1230 g/mol. The zero-order chi connectivity index (χ0) is 56.9. The van der Waals surface area contributed by atoms with Gasteiger partial charge >= 0.3 is 18.0 Å². The average Bonchev–Trinajstić information content (AvgIpc) is 4.43.